The number of rotatable bonds is 0. The molecule has 0 aliphatic heterocycles. The average molecular weight is 146 g/mol. The van der Waals surface area contributed by atoms with Gasteiger partial charge in [0.05, 0.1) is 0 Å². The number of halogens is 1. The molecule has 0 bridgehead atoms. The molecular weight excluding hydrogens is 142 g/mol. The molecule has 0 saturated carbocycles. The number of hydrogen-bond acceptors (Lipinski definition) is 2. The van der Waals surface area contributed by atoms with Crippen molar-refractivity contribution in [2.75, 3.05) is 0 Å². The van der Waals surface area contributed by atoms with E-state index in [0.29, 0.717) is 4.73 Å². The predicted octanol–water partition coefficient (Wildman–Crippen LogP) is 0.679. The molecule has 0 unspecified atom stereocenters. The molecule has 0 aliphatic carbocycles. The Morgan fingerprint density at radius 2 is 2.33 bits per heavy atom. The molecule has 0 atom stereocenters. The summed E-state index contributed by atoms with van der Waals surface area (Å²) >= 11 is 5.28. The van der Waals surface area contributed by atoms with Crippen LogP contribution in [0.3, 0.4) is 0 Å². The first-order valence-electron chi connectivity index (χ1n) is 2.28. The lowest BCUT2D eigenvalue weighted by Gasteiger charge is -1.96. The second-order valence-corrected chi connectivity index (χ2v) is 1.87. The van der Waals surface area contributed by atoms with Gasteiger partial charge in [0.2, 0.25) is 5.75 Å². The van der Waals surface area contributed by atoms with Crippen LogP contribution in [0.2, 0.25) is 5.15 Å². The fourth-order valence-electron chi connectivity index (χ4n) is 0.459. The van der Waals surface area contributed by atoms with E-state index in [9.17, 15) is 5.21 Å². The van der Waals surface area contributed by atoms with Crippen molar-refractivity contribution >= 4 is 11.6 Å². The molecule has 1 N–H and O–H groups in total. The maximum atomic E-state index is 10.5. The number of nitrogens with zero attached hydrogens (tertiary/aromatic N) is 1. The molecule has 0 saturated heterocycles. The van der Waals surface area contributed by atoms with Crippen LogP contribution in [-0.4, -0.2) is 5.11 Å². The van der Waals surface area contributed by atoms with Crippen molar-refractivity contribution in [3.8, 4) is 5.75 Å². The highest BCUT2D eigenvalue weighted by Gasteiger charge is 2.04. The maximum Gasteiger partial charge on any atom is 0.328 e. The van der Waals surface area contributed by atoms with E-state index in [4.69, 9.17) is 16.7 Å². The van der Waals surface area contributed by atoms with Gasteiger partial charge in [0.25, 0.3) is 0 Å². The zero-order chi connectivity index (χ0) is 6.85. The molecule has 48 valence electrons. The average Bonchev–Trinajstić information content (AvgIpc) is 1.83. The standard InChI is InChI=1S/C5H4ClNO2/c6-5-4(8)2-1-3-7(5)9/h1-3,8H. The molecule has 1 rings (SSSR count). The Labute approximate surface area is 56.7 Å². The quantitative estimate of drug-likeness (QED) is 0.332. The van der Waals surface area contributed by atoms with E-state index >= 15 is 0 Å². The first kappa shape index (κ1) is 6.16. The third-order valence-electron chi connectivity index (χ3n) is 0.880. The van der Waals surface area contributed by atoms with Crippen molar-refractivity contribution in [3.63, 3.8) is 0 Å². The third-order valence-corrected chi connectivity index (χ3v) is 1.24. The fraction of sp³-hybridized carbons (Fsp3) is 0. The first-order valence-corrected chi connectivity index (χ1v) is 2.66. The molecule has 1 aromatic heterocycles. The Bertz CT molecular complexity index is 206. The van der Waals surface area contributed by atoms with Crippen LogP contribution in [0.5, 0.6) is 5.75 Å². The van der Waals surface area contributed by atoms with Gasteiger partial charge in [-0.2, -0.15) is 4.73 Å². The van der Waals surface area contributed by atoms with Crippen LogP contribution in [-0.2, 0) is 0 Å². The molecule has 3 nitrogen and oxygen atoms in total. The lowest BCUT2D eigenvalue weighted by atomic mass is 10.5. The Hall–Kier alpha value is -0.960. The summed E-state index contributed by atoms with van der Waals surface area (Å²) in [6.07, 6.45) is 1.21. The van der Waals surface area contributed by atoms with Crippen LogP contribution < -0.4 is 4.73 Å². The highest BCUT2D eigenvalue weighted by atomic mass is 35.5. The molecule has 0 radical (unpaired) electrons. The van der Waals surface area contributed by atoms with Crippen molar-refractivity contribution < 1.29 is 9.84 Å². The number of aromatic hydroxyl groups is 1. The topological polar surface area (TPSA) is 47.2 Å². The van der Waals surface area contributed by atoms with Crippen LogP contribution in [0, 0.1) is 5.21 Å². The van der Waals surface area contributed by atoms with Crippen LogP contribution in [0.1, 0.15) is 0 Å². The van der Waals surface area contributed by atoms with E-state index in [-0.39, 0.29) is 10.9 Å². The molecule has 0 fully saturated rings. The van der Waals surface area contributed by atoms with Crippen molar-refractivity contribution in [1.29, 1.82) is 0 Å². The predicted molar refractivity (Wildman–Crippen MR) is 32.1 cm³/mol. The third kappa shape index (κ3) is 1.05. The van der Waals surface area contributed by atoms with Crippen molar-refractivity contribution in [3.05, 3.63) is 28.7 Å². The van der Waals surface area contributed by atoms with Gasteiger partial charge in [0, 0.05) is 6.07 Å². The van der Waals surface area contributed by atoms with Gasteiger partial charge in [-0.05, 0) is 17.7 Å². The molecule has 9 heavy (non-hydrogen) atoms. The van der Waals surface area contributed by atoms with Gasteiger partial charge >= 0.3 is 5.15 Å². The molecule has 0 aromatic carbocycles. The Morgan fingerprint density at radius 1 is 1.67 bits per heavy atom. The Morgan fingerprint density at radius 3 is 2.78 bits per heavy atom. The van der Waals surface area contributed by atoms with E-state index < -0.39 is 0 Å². The molecule has 0 aliphatic rings. The molecule has 1 heterocycles. The van der Waals surface area contributed by atoms with Crippen LogP contribution in [0.15, 0.2) is 18.3 Å². The summed E-state index contributed by atoms with van der Waals surface area (Å²) in [5, 5.41) is 19.0. The SMILES string of the molecule is [O-][n+]1cccc(O)c1Cl. The summed E-state index contributed by atoms with van der Waals surface area (Å²) in [5.74, 6) is -0.200. The lowest BCUT2D eigenvalue weighted by molar-refractivity contribution is -0.603. The summed E-state index contributed by atoms with van der Waals surface area (Å²) in [5.41, 5.74) is 0. The Kier molecular flexibility index (Phi) is 1.44. The minimum Gasteiger partial charge on any atom is -0.618 e. The Balaban J connectivity index is 3.25. The number of pyridine rings is 1. The zero-order valence-corrected chi connectivity index (χ0v) is 5.17. The van der Waals surface area contributed by atoms with Crippen LogP contribution in [0.4, 0.5) is 0 Å². The minimum atomic E-state index is -0.200. The van der Waals surface area contributed by atoms with Gasteiger partial charge in [-0.3, -0.25) is 0 Å². The van der Waals surface area contributed by atoms with Crippen molar-refractivity contribution in [1.82, 2.24) is 0 Å². The van der Waals surface area contributed by atoms with Gasteiger partial charge in [-0.15, -0.1) is 0 Å². The number of aromatic nitrogens is 1. The van der Waals surface area contributed by atoms with E-state index in [1.807, 2.05) is 0 Å². The van der Waals surface area contributed by atoms with Gasteiger partial charge in [-0.1, -0.05) is 0 Å². The fourth-order valence-corrected chi connectivity index (χ4v) is 0.579. The zero-order valence-electron chi connectivity index (χ0n) is 4.41. The summed E-state index contributed by atoms with van der Waals surface area (Å²) in [6.45, 7) is 0. The lowest BCUT2D eigenvalue weighted by Crippen LogP contribution is -2.25. The summed E-state index contributed by atoms with van der Waals surface area (Å²) in [6, 6.07) is 2.75. The first-order chi connectivity index (χ1) is 4.22. The van der Waals surface area contributed by atoms with Crippen LogP contribution >= 0.6 is 11.6 Å². The smallest absolute Gasteiger partial charge is 0.328 e. The number of hydrogen-bond donors (Lipinski definition) is 1. The van der Waals surface area contributed by atoms with Crippen molar-refractivity contribution in [2.45, 2.75) is 0 Å². The highest BCUT2D eigenvalue weighted by Crippen LogP contribution is 2.15. The van der Waals surface area contributed by atoms with E-state index in [1.165, 1.54) is 18.3 Å². The highest BCUT2D eigenvalue weighted by molar-refractivity contribution is 6.29. The van der Waals surface area contributed by atoms with Gasteiger partial charge in [-0.25, -0.2) is 0 Å². The molecular formula is C5H4ClNO2. The van der Waals surface area contributed by atoms with Crippen molar-refractivity contribution in [2.24, 2.45) is 0 Å². The van der Waals surface area contributed by atoms with E-state index in [0.717, 1.165) is 0 Å². The van der Waals surface area contributed by atoms with Crippen LogP contribution in [0.25, 0.3) is 0 Å². The maximum absolute atomic E-state index is 10.5. The monoisotopic (exact) mass is 145 g/mol. The minimum absolute atomic E-state index is 0.197. The summed E-state index contributed by atoms with van der Waals surface area (Å²) in [4.78, 5) is 0. The summed E-state index contributed by atoms with van der Waals surface area (Å²) in [7, 11) is 0. The van der Waals surface area contributed by atoms with Gasteiger partial charge in [0.1, 0.15) is 0 Å². The molecule has 0 spiro atoms. The molecule has 4 heteroatoms. The van der Waals surface area contributed by atoms with E-state index in [1.54, 1.807) is 0 Å². The second-order valence-electron chi connectivity index (χ2n) is 1.51. The van der Waals surface area contributed by atoms with E-state index in [2.05, 4.69) is 0 Å². The normalized spacial score (nSPS) is 9.44. The largest absolute Gasteiger partial charge is 0.618 e. The summed E-state index contributed by atoms with van der Waals surface area (Å²) < 4.78 is 0.386. The molecule has 0 amide bonds. The molecule has 1 aromatic rings. The van der Waals surface area contributed by atoms with Gasteiger partial charge < -0.3 is 10.3 Å². The van der Waals surface area contributed by atoms with Gasteiger partial charge in [0.15, 0.2) is 6.20 Å². The second kappa shape index (κ2) is 2.11.